The monoisotopic (exact) mass is 470 g/mol. The molecule has 5 nitrogen and oxygen atoms in total. The summed E-state index contributed by atoms with van der Waals surface area (Å²) >= 11 is 5.80. The first-order valence-electron chi connectivity index (χ1n) is 11.0. The third-order valence-corrected chi connectivity index (χ3v) is 6.19. The van der Waals surface area contributed by atoms with E-state index in [9.17, 15) is 4.39 Å². The SMILES string of the molecule is CC1=C(c2nc(-c3cccc(F)c3)no2)C(c2ccc(C)cc2)NC(=S)N1c1cccc(C)c1. The van der Waals surface area contributed by atoms with Crippen LogP contribution in [-0.2, 0) is 0 Å². The van der Waals surface area contributed by atoms with Gasteiger partial charge in [-0.3, -0.25) is 4.90 Å². The van der Waals surface area contributed by atoms with Crippen molar-refractivity contribution in [2.75, 3.05) is 4.90 Å². The number of hydrogen-bond acceptors (Lipinski definition) is 4. The first kappa shape index (κ1) is 22.0. The lowest BCUT2D eigenvalue weighted by Crippen LogP contribution is -2.46. The van der Waals surface area contributed by atoms with Crippen LogP contribution in [0, 0.1) is 19.7 Å². The van der Waals surface area contributed by atoms with Gasteiger partial charge in [-0.2, -0.15) is 4.98 Å². The number of benzene rings is 3. The molecule has 3 aromatic carbocycles. The lowest BCUT2D eigenvalue weighted by molar-refractivity contribution is 0.404. The molecule has 0 fully saturated rings. The van der Waals surface area contributed by atoms with Gasteiger partial charge in [-0.05, 0) is 68.4 Å². The van der Waals surface area contributed by atoms with Gasteiger partial charge in [0, 0.05) is 16.9 Å². The van der Waals surface area contributed by atoms with Crippen LogP contribution < -0.4 is 10.2 Å². The highest BCUT2D eigenvalue weighted by Crippen LogP contribution is 2.39. The van der Waals surface area contributed by atoms with Crippen LogP contribution in [-0.4, -0.2) is 15.3 Å². The molecule has 1 atom stereocenters. The molecule has 0 saturated carbocycles. The fourth-order valence-corrected chi connectivity index (χ4v) is 4.54. The van der Waals surface area contributed by atoms with E-state index in [1.165, 1.54) is 12.1 Å². The summed E-state index contributed by atoms with van der Waals surface area (Å²) in [6, 6.07) is 22.3. The topological polar surface area (TPSA) is 54.2 Å². The molecule has 0 amide bonds. The lowest BCUT2D eigenvalue weighted by Gasteiger charge is -2.37. The Hall–Kier alpha value is -3.84. The molecule has 2 heterocycles. The first-order valence-corrected chi connectivity index (χ1v) is 11.4. The number of thiocarbonyl (C=S) groups is 1. The Morgan fingerprint density at radius 2 is 1.71 bits per heavy atom. The molecule has 170 valence electrons. The Labute approximate surface area is 202 Å². The molecular formula is C27H23FN4OS. The number of rotatable bonds is 4. The molecule has 7 heteroatoms. The van der Waals surface area contributed by atoms with Gasteiger partial charge in [-0.25, -0.2) is 4.39 Å². The zero-order valence-corrected chi connectivity index (χ0v) is 19.9. The molecule has 1 aliphatic rings. The number of aryl methyl sites for hydroxylation is 2. The predicted molar refractivity (Wildman–Crippen MR) is 136 cm³/mol. The van der Waals surface area contributed by atoms with E-state index in [0.29, 0.717) is 22.4 Å². The molecule has 0 bridgehead atoms. The highest BCUT2D eigenvalue weighted by atomic mass is 32.1. The highest BCUT2D eigenvalue weighted by Gasteiger charge is 2.34. The summed E-state index contributed by atoms with van der Waals surface area (Å²) in [5, 5.41) is 8.20. The van der Waals surface area contributed by atoms with Gasteiger partial charge >= 0.3 is 0 Å². The molecule has 1 unspecified atom stereocenters. The molecule has 1 aliphatic heterocycles. The van der Waals surface area contributed by atoms with E-state index in [0.717, 1.165) is 33.6 Å². The average molecular weight is 471 g/mol. The van der Waals surface area contributed by atoms with E-state index in [1.54, 1.807) is 12.1 Å². The largest absolute Gasteiger partial charge is 0.351 e. The van der Waals surface area contributed by atoms with E-state index >= 15 is 0 Å². The van der Waals surface area contributed by atoms with Gasteiger partial charge in [0.15, 0.2) is 5.11 Å². The van der Waals surface area contributed by atoms with Crippen LogP contribution in [0.25, 0.3) is 17.0 Å². The van der Waals surface area contributed by atoms with Gasteiger partial charge in [-0.15, -0.1) is 0 Å². The molecule has 0 aliphatic carbocycles. The average Bonchev–Trinajstić information content (AvgIpc) is 3.29. The summed E-state index contributed by atoms with van der Waals surface area (Å²) in [5.74, 6) is 0.329. The van der Waals surface area contributed by atoms with Crippen molar-refractivity contribution in [3.63, 3.8) is 0 Å². The summed E-state index contributed by atoms with van der Waals surface area (Å²) in [6.07, 6.45) is 0. The van der Waals surface area contributed by atoms with Crippen LogP contribution in [0.5, 0.6) is 0 Å². The second-order valence-corrected chi connectivity index (χ2v) is 8.79. The molecule has 4 aromatic rings. The molecule has 0 radical (unpaired) electrons. The Balaban J connectivity index is 1.66. The predicted octanol–water partition coefficient (Wildman–Crippen LogP) is 6.36. The van der Waals surface area contributed by atoms with E-state index in [2.05, 4.69) is 45.8 Å². The molecule has 34 heavy (non-hydrogen) atoms. The lowest BCUT2D eigenvalue weighted by atomic mass is 9.94. The normalized spacial score (nSPS) is 16.1. The smallest absolute Gasteiger partial charge is 0.258 e. The van der Waals surface area contributed by atoms with Gasteiger partial charge in [0.05, 0.1) is 11.6 Å². The van der Waals surface area contributed by atoms with Gasteiger partial charge < -0.3 is 9.84 Å². The van der Waals surface area contributed by atoms with Gasteiger partial charge in [0.25, 0.3) is 5.89 Å². The minimum absolute atomic E-state index is 0.282. The van der Waals surface area contributed by atoms with Crippen LogP contribution in [0.3, 0.4) is 0 Å². The Bertz CT molecular complexity index is 1410. The standard InChI is InChI=1S/C27H23FN4OS/c1-16-10-12-19(13-11-16)24-23(26-30-25(31-33-26)20-7-5-8-21(28)15-20)18(3)32(27(34)29-24)22-9-4-6-17(2)14-22/h4-15,24H,1-3H3,(H,29,34). The minimum Gasteiger partial charge on any atom is -0.351 e. The molecule has 1 N–H and O–H groups in total. The summed E-state index contributed by atoms with van der Waals surface area (Å²) in [6.45, 7) is 6.09. The highest BCUT2D eigenvalue weighted by molar-refractivity contribution is 7.80. The van der Waals surface area contributed by atoms with Crippen molar-refractivity contribution < 1.29 is 8.91 Å². The maximum absolute atomic E-state index is 13.8. The quantitative estimate of drug-likeness (QED) is 0.350. The summed E-state index contributed by atoms with van der Waals surface area (Å²) in [7, 11) is 0. The summed E-state index contributed by atoms with van der Waals surface area (Å²) < 4.78 is 19.5. The fraction of sp³-hybridized carbons (Fsp3) is 0.148. The number of aromatic nitrogens is 2. The molecule has 5 rings (SSSR count). The second kappa shape index (κ2) is 8.83. The third kappa shape index (κ3) is 4.10. The molecular weight excluding hydrogens is 447 g/mol. The third-order valence-electron chi connectivity index (χ3n) is 5.89. The van der Waals surface area contributed by atoms with Gasteiger partial charge in [-0.1, -0.05) is 59.3 Å². The van der Waals surface area contributed by atoms with Crippen molar-refractivity contribution in [1.29, 1.82) is 0 Å². The van der Waals surface area contributed by atoms with E-state index in [4.69, 9.17) is 16.7 Å². The minimum atomic E-state index is -0.355. The number of allylic oxidation sites excluding steroid dienone is 1. The van der Waals surface area contributed by atoms with Gasteiger partial charge in [0.1, 0.15) is 5.82 Å². The maximum atomic E-state index is 13.8. The van der Waals surface area contributed by atoms with Crippen molar-refractivity contribution in [3.8, 4) is 11.4 Å². The number of hydrogen-bond donors (Lipinski definition) is 1. The van der Waals surface area contributed by atoms with Crippen LogP contribution in [0.4, 0.5) is 10.1 Å². The van der Waals surface area contributed by atoms with E-state index in [1.807, 2.05) is 43.9 Å². The van der Waals surface area contributed by atoms with Crippen molar-refractivity contribution in [2.45, 2.75) is 26.8 Å². The summed E-state index contributed by atoms with van der Waals surface area (Å²) in [5.41, 5.74) is 6.51. The van der Waals surface area contributed by atoms with Crippen molar-refractivity contribution in [3.05, 3.63) is 107 Å². The molecule has 0 spiro atoms. The van der Waals surface area contributed by atoms with E-state index in [-0.39, 0.29) is 11.9 Å². The Kier molecular flexibility index (Phi) is 5.71. The van der Waals surface area contributed by atoms with Crippen LogP contribution in [0.2, 0.25) is 0 Å². The number of halogens is 1. The molecule has 0 saturated heterocycles. The first-order chi connectivity index (χ1) is 16.4. The summed E-state index contributed by atoms with van der Waals surface area (Å²) in [4.78, 5) is 6.63. The van der Waals surface area contributed by atoms with Crippen molar-refractivity contribution in [2.24, 2.45) is 0 Å². The van der Waals surface area contributed by atoms with Crippen LogP contribution in [0.1, 0.15) is 35.5 Å². The van der Waals surface area contributed by atoms with Crippen LogP contribution >= 0.6 is 12.2 Å². The van der Waals surface area contributed by atoms with Gasteiger partial charge in [0.2, 0.25) is 5.82 Å². The fourth-order valence-electron chi connectivity index (χ4n) is 4.18. The Morgan fingerprint density at radius 1 is 0.941 bits per heavy atom. The second-order valence-electron chi connectivity index (χ2n) is 8.40. The zero-order chi connectivity index (χ0) is 23.8. The van der Waals surface area contributed by atoms with Crippen LogP contribution in [0.15, 0.2) is 83.0 Å². The number of anilines is 1. The molecule has 1 aromatic heterocycles. The van der Waals surface area contributed by atoms with Crippen molar-refractivity contribution >= 4 is 28.6 Å². The number of nitrogens with one attached hydrogen (secondary N) is 1. The Morgan fingerprint density at radius 3 is 2.44 bits per heavy atom. The van der Waals surface area contributed by atoms with Crippen molar-refractivity contribution in [1.82, 2.24) is 15.5 Å². The zero-order valence-electron chi connectivity index (χ0n) is 19.0. The maximum Gasteiger partial charge on any atom is 0.258 e. The van der Waals surface area contributed by atoms with E-state index < -0.39 is 0 Å². The number of nitrogens with zero attached hydrogens (tertiary/aromatic N) is 3.